The van der Waals surface area contributed by atoms with Gasteiger partial charge in [-0.2, -0.15) is 0 Å². The van der Waals surface area contributed by atoms with Crippen molar-refractivity contribution in [2.45, 2.75) is 52.5 Å². The predicted molar refractivity (Wildman–Crippen MR) is 91.4 cm³/mol. The van der Waals surface area contributed by atoms with Crippen LogP contribution in [-0.2, 0) is 13.0 Å². The van der Waals surface area contributed by atoms with Crippen LogP contribution in [0.2, 0.25) is 0 Å². The van der Waals surface area contributed by atoms with Gasteiger partial charge < -0.3 is 15.1 Å². The Morgan fingerprint density at radius 3 is 2.50 bits per heavy atom. The van der Waals surface area contributed by atoms with Crippen molar-refractivity contribution >= 4 is 29.9 Å². The lowest BCUT2D eigenvalue weighted by Gasteiger charge is -2.20. The molecule has 0 saturated carbocycles. The van der Waals surface area contributed by atoms with E-state index >= 15 is 0 Å². The van der Waals surface area contributed by atoms with Crippen molar-refractivity contribution in [3.8, 4) is 0 Å². The standard InChI is InChI=1S/C14H24N4O.HI/c1-3-13-17-11(2)12(19-13)10-16-14(15)18-8-6-4-5-7-9-18;/h3-10H2,1-2H3,(H2,15,16);1H. The number of nitrogens with zero attached hydrogens (tertiary/aromatic N) is 3. The van der Waals surface area contributed by atoms with Gasteiger partial charge in [0.1, 0.15) is 12.3 Å². The third-order valence-corrected chi connectivity index (χ3v) is 3.55. The first-order valence-corrected chi connectivity index (χ1v) is 7.20. The van der Waals surface area contributed by atoms with E-state index in [2.05, 4.69) is 14.9 Å². The second-order valence-corrected chi connectivity index (χ2v) is 5.05. The van der Waals surface area contributed by atoms with E-state index in [1.165, 1.54) is 25.7 Å². The van der Waals surface area contributed by atoms with Crippen LogP contribution in [0.25, 0.3) is 0 Å². The molecule has 1 saturated heterocycles. The first kappa shape index (κ1) is 17.3. The smallest absolute Gasteiger partial charge is 0.194 e. The lowest BCUT2D eigenvalue weighted by Crippen LogP contribution is -2.38. The van der Waals surface area contributed by atoms with Gasteiger partial charge in [-0.05, 0) is 19.8 Å². The fourth-order valence-corrected chi connectivity index (χ4v) is 2.34. The molecule has 1 fully saturated rings. The molecule has 0 radical (unpaired) electrons. The van der Waals surface area contributed by atoms with Crippen molar-refractivity contribution in [1.29, 1.82) is 0 Å². The van der Waals surface area contributed by atoms with Gasteiger partial charge in [0.15, 0.2) is 11.9 Å². The third kappa shape index (κ3) is 4.64. The van der Waals surface area contributed by atoms with E-state index in [0.29, 0.717) is 12.5 Å². The summed E-state index contributed by atoms with van der Waals surface area (Å²) in [5.74, 6) is 2.24. The monoisotopic (exact) mass is 392 g/mol. The summed E-state index contributed by atoms with van der Waals surface area (Å²) in [5, 5.41) is 0. The summed E-state index contributed by atoms with van der Waals surface area (Å²) in [6.45, 7) is 6.51. The molecule has 2 rings (SSSR count). The number of hydrogen-bond acceptors (Lipinski definition) is 3. The number of nitrogens with two attached hydrogens (primary N) is 1. The minimum absolute atomic E-state index is 0. The molecular weight excluding hydrogens is 367 g/mol. The van der Waals surface area contributed by atoms with Crippen LogP contribution in [0.1, 0.15) is 50.0 Å². The number of rotatable bonds is 3. The quantitative estimate of drug-likeness (QED) is 0.488. The molecule has 114 valence electrons. The van der Waals surface area contributed by atoms with E-state index in [9.17, 15) is 0 Å². The SMILES string of the molecule is CCc1nc(C)c(CN=C(N)N2CCCCCC2)o1.I. The zero-order valence-corrected chi connectivity index (χ0v) is 14.7. The first-order valence-electron chi connectivity index (χ1n) is 7.20. The molecule has 0 spiro atoms. The minimum Gasteiger partial charge on any atom is -0.443 e. The Labute approximate surface area is 138 Å². The van der Waals surface area contributed by atoms with E-state index in [1.54, 1.807) is 0 Å². The molecule has 2 N–H and O–H groups in total. The molecular formula is C14H25IN4O. The Balaban J connectivity index is 0.00000200. The van der Waals surface area contributed by atoms with Gasteiger partial charge >= 0.3 is 0 Å². The van der Waals surface area contributed by atoms with Crippen LogP contribution in [0.5, 0.6) is 0 Å². The average molecular weight is 392 g/mol. The molecule has 1 aliphatic heterocycles. The van der Waals surface area contributed by atoms with Crippen molar-refractivity contribution in [3.63, 3.8) is 0 Å². The highest BCUT2D eigenvalue weighted by atomic mass is 127. The van der Waals surface area contributed by atoms with Crippen LogP contribution in [0.4, 0.5) is 0 Å². The summed E-state index contributed by atoms with van der Waals surface area (Å²) in [4.78, 5) is 11.0. The number of oxazole rings is 1. The van der Waals surface area contributed by atoms with E-state index < -0.39 is 0 Å². The zero-order valence-electron chi connectivity index (χ0n) is 12.4. The van der Waals surface area contributed by atoms with Crippen LogP contribution in [0.3, 0.4) is 0 Å². The van der Waals surface area contributed by atoms with E-state index in [1.807, 2.05) is 13.8 Å². The Morgan fingerprint density at radius 1 is 1.30 bits per heavy atom. The van der Waals surface area contributed by atoms with Crippen molar-refractivity contribution in [2.75, 3.05) is 13.1 Å². The van der Waals surface area contributed by atoms with Crippen molar-refractivity contribution in [3.05, 3.63) is 17.3 Å². The fraction of sp³-hybridized carbons (Fsp3) is 0.714. The molecule has 6 heteroatoms. The second-order valence-electron chi connectivity index (χ2n) is 5.05. The van der Waals surface area contributed by atoms with Gasteiger partial charge in [-0.25, -0.2) is 9.98 Å². The lowest BCUT2D eigenvalue weighted by molar-refractivity contribution is 0.424. The summed E-state index contributed by atoms with van der Waals surface area (Å²) in [6, 6.07) is 0. The van der Waals surface area contributed by atoms with Crippen molar-refractivity contribution in [2.24, 2.45) is 10.7 Å². The highest BCUT2D eigenvalue weighted by molar-refractivity contribution is 14.0. The van der Waals surface area contributed by atoms with Crippen LogP contribution in [-0.4, -0.2) is 28.9 Å². The van der Waals surface area contributed by atoms with Crippen molar-refractivity contribution < 1.29 is 4.42 Å². The molecule has 0 bridgehead atoms. The number of guanidine groups is 1. The van der Waals surface area contributed by atoms with E-state index in [4.69, 9.17) is 10.2 Å². The molecule has 0 aromatic carbocycles. The second kappa shape index (κ2) is 8.49. The Morgan fingerprint density at radius 2 is 1.95 bits per heavy atom. The maximum absolute atomic E-state index is 6.07. The predicted octanol–water partition coefficient (Wildman–Crippen LogP) is 2.85. The molecule has 0 aliphatic carbocycles. The molecule has 0 amide bonds. The maximum Gasteiger partial charge on any atom is 0.194 e. The van der Waals surface area contributed by atoms with Crippen LogP contribution in [0.15, 0.2) is 9.41 Å². The number of aliphatic imine (C=N–C) groups is 1. The Hall–Kier alpha value is -0.790. The first-order chi connectivity index (χ1) is 9.20. The number of halogens is 1. The largest absolute Gasteiger partial charge is 0.443 e. The molecule has 0 unspecified atom stereocenters. The molecule has 20 heavy (non-hydrogen) atoms. The summed E-state index contributed by atoms with van der Waals surface area (Å²) in [5.41, 5.74) is 6.99. The normalized spacial score (nSPS) is 16.7. The number of aryl methyl sites for hydroxylation is 2. The van der Waals surface area contributed by atoms with Gasteiger partial charge in [0.2, 0.25) is 0 Å². The van der Waals surface area contributed by atoms with Crippen LogP contribution >= 0.6 is 24.0 Å². The van der Waals surface area contributed by atoms with Crippen molar-refractivity contribution in [1.82, 2.24) is 9.88 Å². The average Bonchev–Trinajstić information content (AvgIpc) is 2.63. The molecule has 1 aromatic heterocycles. The molecule has 0 atom stereocenters. The molecule has 5 nitrogen and oxygen atoms in total. The highest BCUT2D eigenvalue weighted by Crippen LogP contribution is 2.13. The fourth-order valence-electron chi connectivity index (χ4n) is 2.34. The van der Waals surface area contributed by atoms with Gasteiger partial charge in [0.05, 0.1) is 5.69 Å². The minimum atomic E-state index is 0. The molecule has 1 aliphatic rings. The summed E-state index contributed by atoms with van der Waals surface area (Å²) in [7, 11) is 0. The van der Waals surface area contributed by atoms with Crippen LogP contribution < -0.4 is 5.73 Å². The number of likely N-dealkylation sites (tertiary alicyclic amines) is 1. The van der Waals surface area contributed by atoms with Gasteiger partial charge in [0.25, 0.3) is 0 Å². The lowest BCUT2D eigenvalue weighted by atomic mass is 10.2. The summed E-state index contributed by atoms with van der Waals surface area (Å²) < 4.78 is 5.63. The van der Waals surface area contributed by atoms with Gasteiger partial charge in [0, 0.05) is 19.5 Å². The maximum atomic E-state index is 6.07. The van der Waals surface area contributed by atoms with Gasteiger partial charge in [-0.1, -0.05) is 19.8 Å². The van der Waals surface area contributed by atoms with Crippen LogP contribution in [0, 0.1) is 6.92 Å². The zero-order chi connectivity index (χ0) is 13.7. The molecule has 2 heterocycles. The Bertz CT molecular complexity index is 436. The Kier molecular flexibility index (Phi) is 7.32. The van der Waals surface area contributed by atoms with E-state index in [0.717, 1.165) is 36.9 Å². The topological polar surface area (TPSA) is 67.7 Å². The number of aromatic nitrogens is 1. The number of hydrogen-bond donors (Lipinski definition) is 1. The summed E-state index contributed by atoms with van der Waals surface area (Å²) >= 11 is 0. The molecule has 1 aromatic rings. The van der Waals surface area contributed by atoms with Gasteiger partial charge in [-0.15, -0.1) is 24.0 Å². The van der Waals surface area contributed by atoms with Gasteiger partial charge in [-0.3, -0.25) is 0 Å². The highest BCUT2D eigenvalue weighted by Gasteiger charge is 2.12. The van der Waals surface area contributed by atoms with E-state index in [-0.39, 0.29) is 24.0 Å². The summed E-state index contributed by atoms with van der Waals surface area (Å²) in [6.07, 6.45) is 5.82. The third-order valence-electron chi connectivity index (χ3n) is 3.55.